The first-order valence-electron chi connectivity index (χ1n) is 6.80. The number of hydrogen-bond donors (Lipinski definition) is 9. The Morgan fingerprint density at radius 3 is 2.17 bits per heavy atom. The largest absolute Gasteiger partial charge is 0.505 e. The molecule has 1 saturated heterocycles. The Balaban J connectivity index is 2.26. The molecule has 0 bridgehead atoms. The van der Waals surface area contributed by atoms with Crippen molar-refractivity contribution in [2.45, 2.75) is 48.5 Å². The van der Waals surface area contributed by atoms with Gasteiger partial charge < -0.3 is 55.4 Å². The van der Waals surface area contributed by atoms with Crippen molar-refractivity contribution in [3.05, 3.63) is 11.5 Å². The summed E-state index contributed by atoms with van der Waals surface area (Å²) in [6.07, 6.45) is -14.6. The molecular weight excluding hydrogens is 336 g/mol. The molecular formula is C12H18O12. The first-order chi connectivity index (χ1) is 11.1. The SMILES string of the molecule is O=C1O[C@H]([C@@H](O)C(O)[C@@]2(O)O[C@H](CO)[C@H](O)[C@H](O)[C@H]2O)C(O)=C1O. The Morgan fingerprint density at radius 2 is 1.71 bits per heavy atom. The third kappa shape index (κ3) is 2.72. The summed E-state index contributed by atoms with van der Waals surface area (Å²) in [4.78, 5) is 11.1. The van der Waals surface area contributed by atoms with Crippen LogP contribution in [0.1, 0.15) is 0 Å². The Morgan fingerprint density at radius 1 is 1.12 bits per heavy atom. The van der Waals surface area contributed by atoms with Crippen LogP contribution >= 0.6 is 0 Å². The van der Waals surface area contributed by atoms with E-state index < -0.39 is 72.6 Å². The van der Waals surface area contributed by atoms with E-state index in [1.54, 1.807) is 0 Å². The fourth-order valence-corrected chi connectivity index (χ4v) is 2.53. The maximum atomic E-state index is 11.1. The molecule has 0 amide bonds. The van der Waals surface area contributed by atoms with Crippen LogP contribution < -0.4 is 0 Å². The second kappa shape index (κ2) is 6.42. The number of aliphatic hydroxyl groups excluding tert-OH is 8. The van der Waals surface area contributed by atoms with E-state index in [1.807, 2.05) is 0 Å². The topological polar surface area (TPSA) is 218 Å². The number of rotatable bonds is 4. The van der Waals surface area contributed by atoms with Crippen LogP contribution in [0.25, 0.3) is 0 Å². The van der Waals surface area contributed by atoms with Gasteiger partial charge in [-0.05, 0) is 0 Å². The minimum absolute atomic E-state index is 0.916. The highest BCUT2D eigenvalue weighted by atomic mass is 16.7. The van der Waals surface area contributed by atoms with Gasteiger partial charge in [-0.1, -0.05) is 0 Å². The molecule has 0 aromatic carbocycles. The summed E-state index contributed by atoms with van der Waals surface area (Å²) in [5, 5.41) is 87.2. The first kappa shape index (κ1) is 18.8. The fraction of sp³-hybridized carbons (Fsp3) is 0.750. The van der Waals surface area contributed by atoms with Gasteiger partial charge in [-0.15, -0.1) is 0 Å². The molecule has 2 rings (SSSR count). The van der Waals surface area contributed by atoms with Gasteiger partial charge >= 0.3 is 5.97 Å². The fourth-order valence-electron chi connectivity index (χ4n) is 2.53. The van der Waals surface area contributed by atoms with Crippen molar-refractivity contribution in [1.29, 1.82) is 0 Å². The van der Waals surface area contributed by atoms with Crippen molar-refractivity contribution in [2.75, 3.05) is 6.61 Å². The summed E-state index contributed by atoms with van der Waals surface area (Å²) >= 11 is 0. The molecule has 24 heavy (non-hydrogen) atoms. The maximum absolute atomic E-state index is 11.1. The van der Waals surface area contributed by atoms with E-state index in [4.69, 9.17) is 14.9 Å². The number of aliphatic hydroxyl groups is 9. The Labute approximate surface area is 134 Å². The van der Waals surface area contributed by atoms with Crippen LogP contribution in [-0.2, 0) is 14.3 Å². The van der Waals surface area contributed by atoms with Gasteiger partial charge in [0.05, 0.1) is 6.61 Å². The van der Waals surface area contributed by atoms with E-state index in [9.17, 15) is 40.5 Å². The molecule has 12 heteroatoms. The lowest BCUT2D eigenvalue weighted by Crippen LogP contribution is -2.71. The Bertz CT molecular complexity index is 532. The van der Waals surface area contributed by atoms with Crippen LogP contribution in [0.3, 0.4) is 0 Å². The maximum Gasteiger partial charge on any atom is 0.377 e. The van der Waals surface area contributed by atoms with E-state index in [-0.39, 0.29) is 0 Å². The molecule has 1 unspecified atom stereocenters. The summed E-state index contributed by atoms with van der Waals surface area (Å²) in [6, 6.07) is 0. The van der Waals surface area contributed by atoms with Gasteiger partial charge in [0, 0.05) is 0 Å². The quantitative estimate of drug-likeness (QED) is 0.217. The van der Waals surface area contributed by atoms with Gasteiger partial charge in [0.2, 0.25) is 11.5 Å². The van der Waals surface area contributed by atoms with Crippen LogP contribution in [0, 0.1) is 0 Å². The molecule has 0 aromatic rings. The monoisotopic (exact) mass is 354 g/mol. The van der Waals surface area contributed by atoms with E-state index in [2.05, 4.69) is 4.74 Å². The van der Waals surface area contributed by atoms with Crippen molar-refractivity contribution in [3.63, 3.8) is 0 Å². The summed E-state index contributed by atoms with van der Waals surface area (Å²) in [5.41, 5.74) is 0. The van der Waals surface area contributed by atoms with Crippen molar-refractivity contribution in [3.8, 4) is 0 Å². The smallest absolute Gasteiger partial charge is 0.377 e. The third-order valence-electron chi connectivity index (χ3n) is 4.00. The van der Waals surface area contributed by atoms with Gasteiger partial charge in [-0.25, -0.2) is 4.79 Å². The zero-order chi connectivity index (χ0) is 18.4. The van der Waals surface area contributed by atoms with E-state index >= 15 is 0 Å². The van der Waals surface area contributed by atoms with Crippen molar-refractivity contribution in [1.82, 2.24) is 0 Å². The number of carbonyl (C=O) groups excluding carboxylic acids is 1. The summed E-state index contributed by atoms with van der Waals surface area (Å²) < 4.78 is 9.19. The average Bonchev–Trinajstić information content (AvgIpc) is 2.82. The molecule has 8 atom stereocenters. The van der Waals surface area contributed by atoms with Crippen LogP contribution in [0.4, 0.5) is 0 Å². The van der Waals surface area contributed by atoms with E-state index in [1.165, 1.54) is 0 Å². The Kier molecular flexibility index (Phi) is 5.03. The predicted octanol–water partition coefficient (Wildman–Crippen LogP) is -4.88. The zero-order valence-electron chi connectivity index (χ0n) is 12.0. The van der Waals surface area contributed by atoms with Gasteiger partial charge in [0.25, 0.3) is 0 Å². The molecule has 2 aliphatic rings. The normalized spacial score (nSPS) is 42.8. The number of cyclic esters (lactones) is 1. The predicted molar refractivity (Wildman–Crippen MR) is 69.1 cm³/mol. The molecule has 138 valence electrons. The summed E-state index contributed by atoms with van der Waals surface area (Å²) in [6.45, 7) is -0.916. The summed E-state index contributed by atoms with van der Waals surface area (Å²) in [7, 11) is 0. The minimum Gasteiger partial charge on any atom is -0.505 e. The standard InChI is InChI=1S/C12H18O12/c13-1-2-3(14)5(16)9(19)12(22,24-2)10(20)7(18)8-4(15)6(17)11(21)23-8/h2-3,5,7-10,13-20,22H,1H2/t2-,3+,5+,7-,8+,9-,10?,12+/m1/s1. The van der Waals surface area contributed by atoms with E-state index in [0.29, 0.717) is 0 Å². The highest BCUT2D eigenvalue weighted by Gasteiger charge is 2.60. The van der Waals surface area contributed by atoms with Crippen molar-refractivity contribution >= 4 is 5.97 Å². The number of hydrogen-bond acceptors (Lipinski definition) is 12. The van der Waals surface area contributed by atoms with Gasteiger partial charge in [0.1, 0.15) is 36.6 Å². The zero-order valence-corrected chi connectivity index (χ0v) is 12.0. The first-order valence-corrected chi connectivity index (χ1v) is 6.80. The lowest BCUT2D eigenvalue weighted by Gasteiger charge is -2.48. The molecule has 2 aliphatic heterocycles. The van der Waals surface area contributed by atoms with E-state index in [0.717, 1.165) is 0 Å². The van der Waals surface area contributed by atoms with Crippen LogP contribution in [-0.4, -0.2) is 107 Å². The Hall–Kier alpha value is -1.51. The highest BCUT2D eigenvalue weighted by molar-refractivity contribution is 5.89. The van der Waals surface area contributed by atoms with Crippen molar-refractivity contribution < 1.29 is 60.2 Å². The molecule has 2 heterocycles. The van der Waals surface area contributed by atoms with Gasteiger partial charge in [-0.2, -0.15) is 0 Å². The number of ether oxygens (including phenoxy) is 2. The molecule has 0 radical (unpaired) electrons. The van der Waals surface area contributed by atoms with Gasteiger partial charge in [0.15, 0.2) is 11.9 Å². The second-order valence-electron chi connectivity index (χ2n) is 5.51. The lowest BCUT2D eigenvalue weighted by molar-refractivity contribution is -0.385. The average molecular weight is 354 g/mol. The number of carbonyl (C=O) groups is 1. The van der Waals surface area contributed by atoms with Crippen molar-refractivity contribution in [2.24, 2.45) is 0 Å². The molecule has 1 fully saturated rings. The second-order valence-corrected chi connectivity index (χ2v) is 5.51. The minimum atomic E-state index is -3.10. The molecule has 0 aromatic heterocycles. The molecule has 12 nitrogen and oxygen atoms in total. The molecule has 0 spiro atoms. The highest BCUT2D eigenvalue weighted by Crippen LogP contribution is 2.34. The lowest BCUT2D eigenvalue weighted by atomic mass is 9.86. The van der Waals surface area contributed by atoms with Crippen LogP contribution in [0.5, 0.6) is 0 Å². The van der Waals surface area contributed by atoms with Crippen LogP contribution in [0.2, 0.25) is 0 Å². The molecule has 0 aliphatic carbocycles. The van der Waals surface area contributed by atoms with Gasteiger partial charge in [-0.3, -0.25) is 0 Å². The number of esters is 1. The van der Waals surface area contributed by atoms with Crippen LogP contribution in [0.15, 0.2) is 11.5 Å². The molecule has 0 saturated carbocycles. The third-order valence-corrected chi connectivity index (χ3v) is 4.00. The summed E-state index contributed by atoms with van der Waals surface area (Å²) in [5.74, 6) is -6.84. The molecule has 9 N–H and O–H groups in total.